The van der Waals surface area contributed by atoms with Crippen molar-refractivity contribution in [1.29, 1.82) is 0 Å². The average Bonchev–Trinajstić information content (AvgIpc) is 3.86. The summed E-state index contributed by atoms with van der Waals surface area (Å²) in [5.74, 6) is 0. The largest absolute Gasteiger partial charge is 0.310 e. The van der Waals surface area contributed by atoms with E-state index in [1.807, 2.05) is 0 Å². The van der Waals surface area contributed by atoms with Gasteiger partial charge in [0, 0.05) is 38.9 Å². The van der Waals surface area contributed by atoms with E-state index in [9.17, 15) is 0 Å². The minimum Gasteiger partial charge on any atom is -0.310 e. The second kappa shape index (κ2) is 16.3. The van der Waals surface area contributed by atoms with Gasteiger partial charge < -0.3 is 9.47 Å². The highest BCUT2D eigenvalue weighted by molar-refractivity contribution is 6.11. The van der Waals surface area contributed by atoms with Gasteiger partial charge in [0.2, 0.25) is 0 Å². The zero-order valence-corrected chi connectivity index (χ0v) is 38.6. The maximum Gasteiger partial charge on any atom is 0.0541 e. The number of para-hydroxylation sites is 2. The first-order chi connectivity index (χ1) is 33.9. The van der Waals surface area contributed by atoms with E-state index in [1.165, 1.54) is 99.3 Å². The molecule has 69 heavy (non-hydrogen) atoms. The van der Waals surface area contributed by atoms with Crippen molar-refractivity contribution in [2.45, 2.75) is 19.3 Å². The van der Waals surface area contributed by atoms with Crippen LogP contribution in [0, 0.1) is 0 Å². The molecule has 326 valence electrons. The summed E-state index contributed by atoms with van der Waals surface area (Å²) >= 11 is 0. The van der Waals surface area contributed by atoms with Crippen molar-refractivity contribution in [2.24, 2.45) is 0 Å². The first kappa shape index (κ1) is 40.5. The molecule has 1 aliphatic carbocycles. The van der Waals surface area contributed by atoms with E-state index in [-0.39, 0.29) is 5.41 Å². The molecule has 0 atom stereocenters. The smallest absolute Gasteiger partial charge is 0.0541 e. The molecule has 0 aliphatic heterocycles. The van der Waals surface area contributed by atoms with Gasteiger partial charge in [-0.05, 0) is 156 Å². The highest BCUT2D eigenvalue weighted by Crippen LogP contribution is 2.51. The molecular formula is C67H48N2. The van der Waals surface area contributed by atoms with E-state index in [1.54, 1.807) is 0 Å². The number of anilines is 3. The quantitative estimate of drug-likeness (QED) is 0.148. The van der Waals surface area contributed by atoms with Gasteiger partial charge in [-0.15, -0.1) is 0 Å². The molecule has 13 rings (SSSR count). The summed E-state index contributed by atoms with van der Waals surface area (Å²) in [7, 11) is 0. The molecule has 1 heterocycles. The van der Waals surface area contributed by atoms with Gasteiger partial charge in [0.25, 0.3) is 0 Å². The van der Waals surface area contributed by atoms with Crippen molar-refractivity contribution in [3.05, 3.63) is 266 Å². The Bertz CT molecular complexity index is 3910. The molecule has 0 saturated carbocycles. The second-order valence-electron chi connectivity index (χ2n) is 19.0. The Morgan fingerprint density at radius 2 is 0.855 bits per heavy atom. The zero-order chi connectivity index (χ0) is 46.1. The van der Waals surface area contributed by atoms with Crippen LogP contribution in [-0.4, -0.2) is 4.57 Å². The summed E-state index contributed by atoms with van der Waals surface area (Å²) in [5.41, 5.74) is 21.7. The number of aromatic nitrogens is 1. The monoisotopic (exact) mass is 880 g/mol. The molecule has 0 N–H and O–H groups in total. The average molecular weight is 881 g/mol. The topological polar surface area (TPSA) is 8.17 Å². The molecule has 1 aliphatic rings. The van der Waals surface area contributed by atoms with Crippen LogP contribution in [0.5, 0.6) is 0 Å². The van der Waals surface area contributed by atoms with Gasteiger partial charge in [0.1, 0.15) is 0 Å². The number of hydrogen-bond acceptors (Lipinski definition) is 1. The Balaban J connectivity index is 0.935. The lowest BCUT2D eigenvalue weighted by atomic mass is 9.82. The minimum absolute atomic E-state index is 0.103. The van der Waals surface area contributed by atoms with Gasteiger partial charge in [-0.3, -0.25) is 0 Å². The lowest BCUT2D eigenvalue weighted by Crippen LogP contribution is -2.16. The van der Waals surface area contributed by atoms with E-state index in [0.717, 1.165) is 22.7 Å². The molecule has 11 aromatic carbocycles. The molecule has 0 radical (unpaired) electrons. The third kappa shape index (κ3) is 6.95. The predicted octanol–water partition coefficient (Wildman–Crippen LogP) is 18.4. The van der Waals surface area contributed by atoms with Crippen molar-refractivity contribution in [3.8, 4) is 61.3 Å². The Kier molecular flexibility index (Phi) is 9.55. The van der Waals surface area contributed by atoms with Crippen LogP contribution in [-0.2, 0) is 5.41 Å². The van der Waals surface area contributed by atoms with Gasteiger partial charge in [-0.1, -0.05) is 190 Å². The van der Waals surface area contributed by atoms with Crippen LogP contribution in [0.2, 0.25) is 0 Å². The van der Waals surface area contributed by atoms with Gasteiger partial charge in [0.05, 0.1) is 11.0 Å². The predicted molar refractivity (Wildman–Crippen MR) is 292 cm³/mol. The molecule has 12 aromatic rings. The van der Waals surface area contributed by atoms with Crippen molar-refractivity contribution < 1.29 is 0 Å². The fourth-order valence-corrected chi connectivity index (χ4v) is 11.0. The van der Waals surface area contributed by atoms with E-state index in [2.05, 4.69) is 278 Å². The van der Waals surface area contributed by atoms with Crippen LogP contribution in [0.3, 0.4) is 0 Å². The maximum absolute atomic E-state index is 2.46. The third-order valence-corrected chi connectivity index (χ3v) is 14.5. The zero-order valence-electron chi connectivity index (χ0n) is 38.6. The van der Waals surface area contributed by atoms with Crippen LogP contribution in [0.1, 0.15) is 25.0 Å². The van der Waals surface area contributed by atoms with Gasteiger partial charge in [-0.2, -0.15) is 0 Å². The van der Waals surface area contributed by atoms with Crippen LogP contribution in [0.4, 0.5) is 17.1 Å². The summed E-state index contributed by atoms with van der Waals surface area (Å²) in [5, 5.41) is 4.92. The highest BCUT2D eigenvalue weighted by Gasteiger charge is 2.35. The number of nitrogens with zero attached hydrogens (tertiary/aromatic N) is 2. The van der Waals surface area contributed by atoms with Gasteiger partial charge in [0.15, 0.2) is 0 Å². The van der Waals surface area contributed by atoms with Crippen LogP contribution in [0.15, 0.2) is 255 Å². The molecule has 0 saturated heterocycles. The fraction of sp³-hybridized carbons (Fsp3) is 0.0448. The van der Waals surface area contributed by atoms with Gasteiger partial charge >= 0.3 is 0 Å². The third-order valence-electron chi connectivity index (χ3n) is 14.5. The summed E-state index contributed by atoms with van der Waals surface area (Å²) in [6.45, 7) is 4.71. The summed E-state index contributed by atoms with van der Waals surface area (Å²) in [4.78, 5) is 2.41. The summed E-state index contributed by atoms with van der Waals surface area (Å²) in [6, 6.07) is 93.8. The molecule has 0 spiro atoms. The van der Waals surface area contributed by atoms with Crippen molar-refractivity contribution in [2.75, 3.05) is 4.90 Å². The Morgan fingerprint density at radius 3 is 1.68 bits per heavy atom. The van der Waals surface area contributed by atoms with E-state index >= 15 is 0 Å². The molecular weight excluding hydrogens is 833 g/mol. The van der Waals surface area contributed by atoms with E-state index in [4.69, 9.17) is 0 Å². The first-order valence-electron chi connectivity index (χ1n) is 24.0. The van der Waals surface area contributed by atoms with Gasteiger partial charge in [-0.25, -0.2) is 0 Å². The molecule has 0 fully saturated rings. The standard InChI is InChI=1S/C67H48N2/c1-67(2)63-26-13-11-24-59(63)60-36-35-57(44-64(60)67)68(55-21-7-4-8-22-55)56-23-15-20-50(40-56)52-34-37-66-62(43-52)61-25-12-14-27-65(61)69(66)58-41-53(48-30-28-47(29-31-48)45-16-5-3-6-17-45)39-54(42-58)51-33-32-46-18-9-10-19-49(46)38-51/h3-44H,1-2H3. The summed E-state index contributed by atoms with van der Waals surface area (Å²) in [6.07, 6.45) is 0. The molecule has 0 unspecified atom stereocenters. The Morgan fingerprint density at radius 1 is 0.304 bits per heavy atom. The normalized spacial score (nSPS) is 12.6. The molecule has 0 bridgehead atoms. The fourth-order valence-electron chi connectivity index (χ4n) is 11.0. The molecule has 1 aromatic heterocycles. The lowest BCUT2D eigenvalue weighted by molar-refractivity contribution is 0.660. The highest BCUT2D eigenvalue weighted by atomic mass is 15.1. The Hall–Kier alpha value is -8.72. The summed E-state index contributed by atoms with van der Waals surface area (Å²) < 4.78 is 2.46. The van der Waals surface area contributed by atoms with E-state index in [0.29, 0.717) is 0 Å². The molecule has 2 nitrogen and oxygen atoms in total. The number of benzene rings is 11. The van der Waals surface area contributed by atoms with Crippen LogP contribution >= 0.6 is 0 Å². The van der Waals surface area contributed by atoms with Crippen molar-refractivity contribution in [3.63, 3.8) is 0 Å². The van der Waals surface area contributed by atoms with Crippen molar-refractivity contribution >= 4 is 49.6 Å². The Labute approximate surface area is 403 Å². The number of fused-ring (bicyclic) bond motifs is 7. The number of rotatable bonds is 8. The second-order valence-corrected chi connectivity index (χ2v) is 19.0. The first-order valence-corrected chi connectivity index (χ1v) is 24.0. The number of hydrogen-bond donors (Lipinski definition) is 0. The lowest BCUT2D eigenvalue weighted by Gasteiger charge is -2.28. The maximum atomic E-state index is 2.46. The molecule has 2 heteroatoms. The van der Waals surface area contributed by atoms with Crippen LogP contribution in [0.25, 0.3) is 93.9 Å². The SMILES string of the molecule is CC1(C)c2ccccc2-c2ccc(N(c3ccccc3)c3cccc(-c4ccc5c(c4)c4ccccc4n5-c4cc(-c5ccc(-c6ccccc6)cc5)cc(-c5ccc6ccccc6c5)c4)c3)cc21. The minimum atomic E-state index is -0.103. The van der Waals surface area contributed by atoms with Crippen molar-refractivity contribution in [1.82, 2.24) is 4.57 Å². The van der Waals surface area contributed by atoms with Crippen LogP contribution < -0.4 is 4.90 Å². The molecule has 0 amide bonds. The van der Waals surface area contributed by atoms with E-state index < -0.39 is 0 Å².